The number of carbonyl (C=O) groups excluding carboxylic acids is 1. The van der Waals surface area contributed by atoms with Crippen LogP contribution in [0.2, 0.25) is 0 Å². The second-order valence-electron chi connectivity index (χ2n) is 5.68. The van der Waals surface area contributed by atoms with Crippen LogP contribution in [0, 0.1) is 0 Å². The Labute approximate surface area is 119 Å². The fourth-order valence-corrected chi connectivity index (χ4v) is 3.24. The zero-order valence-corrected chi connectivity index (χ0v) is 12.6. The van der Waals surface area contributed by atoms with Gasteiger partial charge < -0.3 is 9.64 Å². The first-order chi connectivity index (χ1) is 8.92. The van der Waals surface area contributed by atoms with E-state index in [4.69, 9.17) is 16.3 Å². The molecule has 1 amide bonds. The van der Waals surface area contributed by atoms with Gasteiger partial charge in [-0.15, -0.1) is 11.6 Å². The van der Waals surface area contributed by atoms with Crippen LogP contribution >= 0.6 is 11.6 Å². The molecule has 0 N–H and O–H groups in total. The maximum atomic E-state index is 12.3. The largest absolute Gasteiger partial charge is 0.495 e. The number of ether oxygens (including phenoxy) is 1. The third kappa shape index (κ3) is 2.32. The summed E-state index contributed by atoms with van der Waals surface area (Å²) in [6.45, 7) is 6.33. The normalized spacial score (nSPS) is 20.9. The van der Waals surface area contributed by atoms with E-state index in [0.717, 1.165) is 23.4 Å². The molecule has 19 heavy (non-hydrogen) atoms. The van der Waals surface area contributed by atoms with Crippen LogP contribution < -0.4 is 9.64 Å². The predicted octanol–water partition coefficient (Wildman–Crippen LogP) is 3.55. The summed E-state index contributed by atoms with van der Waals surface area (Å²) < 4.78 is 5.44. The molecule has 0 radical (unpaired) electrons. The molecule has 0 spiro atoms. The van der Waals surface area contributed by atoms with Crippen LogP contribution in [0.25, 0.3) is 0 Å². The monoisotopic (exact) mass is 281 g/mol. The van der Waals surface area contributed by atoms with Crippen molar-refractivity contribution < 1.29 is 9.53 Å². The smallest absolute Gasteiger partial charge is 0.242 e. The number of alkyl halides is 1. The number of hydrogen-bond acceptors (Lipinski definition) is 2. The minimum Gasteiger partial charge on any atom is -0.495 e. The van der Waals surface area contributed by atoms with Crippen LogP contribution in [0.15, 0.2) is 18.2 Å². The standard InChI is InChI=1S/C15H20ClNO2/c1-10-8-15(2,3)17(13(18)9-16)14-11(10)6-5-7-12(14)19-4/h5-7,10H,8-9H2,1-4H3/t10-/m0/s1. The average Bonchev–Trinajstić information content (AvgIpc) is 2.36. The number of fused-ring (bicyclic) bond motifs is 1. The molecule has 1 aromatic rings. The lowest BCUT2D eigenvalue weighted by molar-refractivity contribution is -0.117. The number of hydrogen-bond donors (Lipinski definition) is 0. The van der Waals surface area contributed by atoms with Crippen LogP contribution in [0.1, 0.15) is 38.7 Å². The van der Waals surface area contributed by atoms with Crippen LogP contribution in [0.4, 0.5) is 5.69 Å². The molecule has 104 valence electrons. The number of para-hydroxylation sites is 1. The van der Waals surface area contributed by atoms with Crippen LogP contribution in [0.5, 0.6) is 5.75 Å². The predicted molar refractivity (Wildman–Crippen MR) is 78.3 cm³/mol. The Morgan fingerprint density at radius 2 is 2.21 bits per heavy atom. The fraction of sp³-hybridized carbons (Fsp3) is 0.533. The molecule has 2 rings (SSSR count). The number of nitrogens with zero attached hydrogens (tertiary/aromatic N) is 1. The molecule has 0 bridgehead atoms. The Morgan fingerprint density at radius 3 is 2.79 bits per heavy atom. The first-order valence-corrected chi connectivity index (χ1v) is 7.01. The van der Waals surface area contributed by atoms with Gasteiger partial charge in [-0.3, -0.25) is 4.79 Å². The Kier molecular flexibility index (Phi) is 3.77. The van der Waals surface area contributed by atoms with Gasteiger partial charge in [-0.1, -0.05) is 19.1 Å². The number of methoxy groups -OCH3 is 1. The van der Waals surface area contributed by atoms with Crippen molar-refractivity contribution in [3.63, 3.8) is 0 Å². The first-order valence-electron chi connectivity index (χ1n) is 6.48. The Bertz CT molecular complexity index is 499. The highest BCUT2D eigenvalue weighted by atomic mass is 35.5. The van der Waals surface area contributed by atoms with Crippen molar-refractivity contribution in [3.8, 4) is 5.75 Å². The fourth-order valence-electron chi connectivity index (χ4n) is 3.12. The lowest BCUT2D eigenvalue weighted by atomic mass is 9.80. The summed E-state index contributed by atoms with van der Waals surface area (Å²) in [7, 11) is 1.63. The molecule has 3 nitrogen and oxygen atoms in total. The number of amides is 1. The van der Waals surface area contributed by atoms with Gasteiger partial charge in [0.2, 0.25) is 5.91 Å². The van der Waals surface area contributed by atoms with Gasteiger partial charge in [-0.25, -0.2) is 0 Å². The summed E-state index contributed by atoms with van der Waals surface area (Å²) in [5.74, 6) is 1.02. The van der Waals surface area contributed by atoms with E-state index in [-0.39, 0.29) is 17.3 Å². The molecule has 4 heteroatoms. The number of halogens is 1. The van der Waals surface area contributed by atoms with Crippen molar-refractivity contribution in [2.24, 2.45) is 0 Å². The molecular formula is C15H20ClNO2. The van der Waals surface area contributed by atoms with E-state index in [0.29, 0.717) is 5.92 Å². The topological polar surface area (TPSA) is 29.5 Å². The van der Waals surface area contributed by atoms with E-state index >= 15 is 0 Å². The second-order valence-corrected chi connectivity index (χ2v) is 5.95. The number of benzene rings is 1. The van der Waals surface area contributed by atoms with Gasteiger partial charge in [-0.05, 0) is 37.8 Å². The Balaban J connectivity index is 2.66. The van der Waals surface area contributed by atoms with Crippen LogP contribution in [-0.4, -0.2) is 24.4 Å². The zero-order chi connectivity index (χ0) is 14.2. The molecule has 1 aromatic carbocycles. The molecule has 1 aliphatic rings. The Morgan fingerprint density at radius 1 is 1.53 bits per heavy atom. The van der Waals surface area contributed by atoms with Gasteiger partial charge in [0, 0.05) is 5.54 Å². The lowest BCUT2D eigenvalue weighted by Gasteiger charge is -2.46. The summed E-state index contributed by atoms with van der Waals surface area (Å²) in [4.78, 5) is 14.1. The van der Waals surface area contributed by atoms with Gasteiger partial charge in [0.1, 0.15) is 11.6 Å². The Hall–Kier alpha value is -1.22. The summed E-state index contributed by atoms with van der Waals surface area (Å²) in [6, 6.07) is 5.92. The maximum Gasteiger partial charge on any atom is 0.242 e. The maximum absolute atomic E-state index is 12.3. The van der Waals surface area contributed by atoms with Crippen LogP contribution in [-0.2, 0) is 4.79 Å². The highest BCUT2D eigenvalue weighted by Crippen LogP contribution is 2.47. The van der Waals surface area contributed by atoms with E-state index in [1.54, 1.807) is 12.0 Å². The quantitative estimate of drug-likeness (QED) is 0.776. The number of carbonyl (C=O) groups is 1. The molecule has 0 saturated heterocycles. The van der Waals surface area contributed by atoms with E-state index in [9.17, 15) is 4.79 Å². The van der Waals surface area contributed by atoms with E-state index in [1.807, 2.05) is 12.1 Å². The second kappa shape index (κ2) is 5.04. The van der Waals surface area contributed by atoms with Crippen molar-refractivity contribution in [2.45, 2.75) is 38.6 Å². The molecule has 0 aliphatic carbocycles. The minimum absolute atomic E-state index is 0.0186. The van der Waals surface area contributed by atoms with Crippen molar-refractivity contribution in [2.75, 3.05) is 17.9 Å². The first kappa shape index (κ1) is 14.2. The van der Waals surface area contributed by atoms with Gasteiger partial charge in [-0.2, -0.15) is 0 Å². The summed E-state index contributed by atoms with van der Waals surface area (Å²) in [6.07, 6.45) is 0.912. The molecule has 0 unspecified atom stereocenters. The van der Waals surface area contributed by atoms with Gasteiger partial charge in [0.05, 0.1) is 12.8 Å². The van der Waals surface area contributed by atoms with E-state index < -0.39 is 0 Å². The van der Waals surface area contributed by atoms with Crippen molar-refractivity contribution in [3.05, 3.63) is 23.8 Å². The summed E-state index contributed by atoms with van der Waals surface area (Å²) in [5.41, 5.74) is 1.77. The van der Waals surface area contributed by atoms with Crippen LogP contribution in [0.3, 0.4) is 0 Å². The third-order valence-corrected chi connectivity index (χ3v) is 4.01. The molecule has 1 atom stereocenters. The third-order valence-electron chi connectivity index (χ3n) is 3.78. The highest BCUT2D eigenvalue weighted by molar-refractivity contribution is 6.29. The SMILES string of the molecule is COc1cccc2c1N(C(=O)CCl)C(C)(C)C[C@@H]2C. The molecule has 0 saturated carbocycles. The minimum atomic E-state index is -0.257. The van der Waals surface area contributed by atoms with Gasteiger partial charge >= 0.3 is 0 Å². The van der Waals surface area contributed by atoms with Gasteiger partial charge in [0.15, 0.2) is 0 Å². The molecule has 1 heterocycles. The highest BCUT2D eigenvalue weighted by Gasteiger charge is 2.41. The van der Waals surface area contributed by atoms with E-state index in [1.165, 1.54) is 0 Å². The molecule has 0 aromatic heterocycles. The zero-order valence-electron chi connectivity index (χ0n) is 11.9. The summed E-state index contributed by atoms with van der Waals surface area (Å²) >= 11 is 5.78. The molecular weight excluding hydrogens is 262 g/mol. The van der Waals surface area contributed by atoms with Gasteiger partial charge in [0.25, 0.3) is 0 Å². The molecule has 1 aliphatic heterocycles. The summed E-state index contributed by atoms with van der Waals surface area (Å²) in [5, 5.41) is 0. The van der Waals surface area contributed by atoms with Crippen molar-refractivity contribution in [1.29, 1.82) is 0 Å². The number of anilines is 1. The average molecular weight is 282 g/mol. The van der Waals surface area contributed by atoms with E-state index in [2.05, 4.69) is 26.8 Å². The van der Waals surface area contributed by atoms with Crippen molar-refractivity contribution >= 4 is 23.2 Å². The van der Waals surface area contributed by atoms with Crippen molar-refractivity contribution in [1.82, 2.24) is 0 Å². The lowest BCUT2D eigenvalue weighted by Crippen LogP contribution is -2.52. The molecule has 0 fully saturated rings. The number of rotatable bonds is 2.